The van der Waals surface area contributed by atoms with Gasteiger partial charge in [0.25, 0.3) is 0 Å². The Labute approximate surface area is 300 Å². The van der Waals surface area contributed by atoms with E-state index in [1.165, 1.54) is 121 Å². The average Bonchev–Trinajstić information content (AvgIpc) is 3.21. The van der Waals surface area contributed by atoms with E-state index < -0.39 is 0 Å². The third-order valence-corrected chi connectivity index (χ3v) is 11.3. The van der Waals surface area contributed by atoms with Crippen LogP contribution in [0.25, 0.3) is 66.1 Å². The van der Waals surface area contributed by atoms with Gasteiger partial charge >= 0.3 is 0 Å². The van der Waals surface area contributed by atoms with Crippen molar-refractivity contribution in [3.8, 4) is 44.5 Å². The molecule has 2 aliphatic carbocycles. The maximum Gasteiger partial charge on any atom is 0.0468 e. The van der Waals surface area contributed by atoms with E-state index in [0.29, 0.717) is 5.92 Å². The van der Waals surface area contributed by atoms with Crippen molar-refractivity contribution in [3.63, 3.8) is 0 Å². The number of hydrogen-bond acceptors (Lipinski definition) is 1. The third-order valence-electron chi connectivity index (χ3n) is 11.3. The average molecular weight is 654 g/mol. The van der Waals surface area contributed by atoms with Crippen LogP contribution in [-0.4, -0.2) is 0 Å². The van der Waals surface area contributed by atoms with Gasteiger partial charge in [0.2, 0.25) is 0 Å². The Morgan fingerprint density at radius 2 is 0.863 bits per heavy atom. The fourth-order valence-corrected chi connectivity index (χ4v) is 8.92. The van der Waals surface area contributed by atoms with Crippen molar-refractivity contribution in [2.24, 2.45) is 0 Å². The van der Waals surface area contributed by atoms with Crippen LogP contribution in [-0.2, 0) is 0 Å². The molecule has 0 aromatic heterocycles. The van der Waals surface area contributed by atoms with Crippen LogP contribution in [0, 0.1) is 0 Å². The summed E-state index contributed by atoms with van der Waals surface area (Å²) in [5.74, 6) is 0.694. The van der Waals surface area contributed by atoms with Gasteiger partial charge in [-0.15, -0.1) is 0 Å². The molecule has 2 aliphatic rings. The molecule has 0 aliphatic heterocycles. The van der Waals surface area contributed by atoms with Crippen molar-refractivity contribution >= 4 is 38.6 Å². The quantitative estimate of drug-likeness (QED) is 0.173. The number of rotatable bonds is 6. The smallest absolute Gasteiger partial charge is 0.0468 e. The standard InChI is InChI=1S/C50H39N/c1-5-15-34(16-6-1)35-25-28-41(29-26-35)51(40-21-11-4-12-22-40)42-30-27-38-32-45-46(33-39(38)31-42)50-48(37-19-9-3-10-20-37)44-24-14-13-23-43(44)47(49(45)50)36-17-7-2-8-18-36/h2-4,7-14,17-34H,1,5-6,15-16H2. The molecule has 0 spiro atoms. The highest BCUT2D eigenvalue weighted by molar-refractivity contribution is 6.26. The van der Waals surface area contributed by atoms with Crippen LogP contribution in [0.5, 0.6) is 0 Å². The lowest BCUT2D eigenvalue weighted by atomic mass is 9.70. The number of fused-ring (bicyclic) bond motifs is 6. The highest BCUT2D eigenvalue weighted by atomic mass is 15.1. The summed E-state index contributed by atoms with van der Waals surface area (Å²) in [5.41, 5.74) is 15.6. The first-order valence-corrected chi connectivity index (χ1v) is 18.5. The molecule has 0 amide bonds. The first-order valence-electron chi connectivity index (χ1n) is 18.5. The number of anilines is 3. The van der Waals surface area contributed by atoms with Crippen molar-refractivity contribution in [1.82, 2.24) is 0 Å². The molecule has 1 heteroatoms. The minimum absolute atomic E-state index is 0.694. The Kier molecular flexibility index (Phi) is 7.31. The SMILES string of the molecule is c1ccc(-c2c3c(c(-c4ccccc4)c4ccccc24)-c2cc4cc(N(c5ccccc5)c5ccc(C6CCCCC6)cc5)ccc4cc2-3)cc1. The van der Waals surface area contributed by atoms with E-state index in [1.807, 2.05) is 0 Å². The van der Waals surface area contributed by atoms with Crippen LogP contribution in [0.4, 0.5) is 17.1 Å². The Morgan fingerprint density at radius 3 is 1.45 bits per heavy atom. The summed E-state index contributed by atoms with van der Waals surface area (Å²) in [6, 6.07) is 63.0. The van der Waals surface area contributed by atoms with Crippen LogP contribution >= 0.6 is 0 Å². The van der Waals surface area contributed by atoms with Gasteiger partial charge in [0.05, 0.1) is 0 Å². The minimum Gasteiger partial charge on any atom is -0.310 e. The normalized spacial score (nSPS) is 13.8. The Hall–Kier alpha value is -5.92. The summed E-state index contributed by atoms with van der Waals surface area (Å²) in [7, 11) is 0. The molecule has 244 valence electrons. The van der Waals surface area contributed by atoms with Crippen molar-refractivity contribution in [2.45, 2.75) is 38.0 Å². The van der Waals surface area contributed by atoms with Gasteiger partial charge in [0, 0.05) is 17.1 Å². The zero-order chi connectivity index (χ0) is 33.7. The molecular formula is C50H39N. The molecule has 1 nitrogen and oxygen atoms in total. The van der Waals surface area contributed by atoms with Crippen molar-refractivity contribution < 1.29 is 0 Å². The van der Waals surface area contributed by atoms with Crippen LogP contribution in [0.2, 0.25) is 0 Å². The van der Waals surface area contributed by atoms with Crippen LogP contribution < -0.4 is 4.90 Å². The summed E-state index contributed by atoms with van der Waals surface area (Å²) < 4.78 is 0. The number of nitrogens with zero attached hydrogens (tertiary/aromatic N) is 1. The number of hydrogen-bond donors (Lipinski definition) is 0. The second-order valence-electron chi connectivity index (χ2n) is 14.3. The largest absolute Gasteiger partial charge is 0.310 e. The van der Waals surface area contributed by atoms with E-state index in [4.69, 9.17) is 0 Å². The van der Waals surface area contributed by atoms with E-state index in [-0.39, 0.29) is 0 Å². The van der Waals surface area contributed by atoms with E-state index in [1.54, 1.807) is 0 Å². The molecule has 1 fully saturated rings. The molecule has 0 atom stereocenters. The topological polar surface area (TPSA) is 3.24 Å². The van der Waals surface area contributed by atoms with Crippen LogP contribution in [0.15, 0.2) is 170 Å². The fraction of sp³-hybridized carbons (Fsp3) is 0.120. The predicted molar refractivity (Wildman–Crippen MR) is 217 cm³/mol. The highest BCUT2D eigenvalue weighted by Gasteiger charge is 2.32. The van der Waals surface area contributed by atoms with Gasteiger partial charge in [-0.1, -0.05) is 141 Å². The molecule has 10 rings (SSSR count). The molecular weight excluding hydrogens is 615 g/mol. The molecule has 0 N–H and O–H groups in total. The molecule has 0 unspecified atom stereocenters. The van der Waals surface area contributed by atoms with E-state index in [0.717, 1.165) is 0 Å². The summed E-state index contributed by atoms with van der Waals surface area (Å²) in [4.78, 5) is 2.41. The zero-order valence-corrected chi connectivity index (χ0v) is 28.7. The van der Waals surface area contributed by atoms with E-state index >= 15 is 0 Å². The zero-order valence-electron chi connectivity index (χ0n) is 28.7. The van der Waals surface area contributed by atoms with E-state index in [9.17, 15) is 0 Å². The Morgan fingerprint density at radius 1 is 0.373 bits per heavy atom. The Balaban J connectivity index is 1.15. The van der Waals surface area contributed by atoms with Crippen molar-refractivity contribution in [1.29, 1.82) is 0 Å². The molecule has 0 radical (unpaired) electrons. The van der Waals surface area contributed by atoms with Gasteiger partial charge in [0.1, 0.15) is 0 Å². The monoisotopic (exact) mass is 653 g/mol. The predicted octanol–water partition coefficient (Wildman–Crippen LogP) is 14.5. The maximum atomic E-state index is 2.45. The van der Waals surface area contributed by atoms with Crippen molar-refractivity contribution in [2.75, 3.05) is 4.90 Å². The summed E-state index contributed by atoms with van der Waals surface area (Å²) in [6.07, 6.45) is 6.71. The lowest BCUT2D eigenvalue weighted by Gasteiger charge is -2.33. The van der Waals surface area contributed by atoms with Gasteiger partial charge in [-0.25, -0.2) is 0 Å². The molecule has 0 heterocycles. The fourth-order valence-electron chi connectivity index (χ4n) is 8.92. The lowest BCUT2D eigenvalue weighted by Crippen LogP contribution is -2.11. The number of benzene rings is 8. The lowest BCUT2D eigenvalue weighted by molar-refractivity contribution is 0.443. The molecule has 8 aromatic rings. The van der Waals surface area contributed by atoms with Gasteiger partial charge in [-0.05, 0) is 139 Å². The van der Waals surface area contributed by atoms with Gasteiger partial charge in [-0.2, -0.15) is 0 Å². The van der Waals surface area contributed by atoms with Crippen LogP contribution in [0.3, 0.4) is 0 Å². The van der Waals surface area contributed by atoms with Crippen LogP contribution in [0.1, 0.15) is 43.6 Å². The number of para-hydroxylation sites is 1. The first-order chi connectivity index (χ1) is 25.3. The van der Waals surface area contributed by atoms with Gasteiger partial charge < -0.3 is 4.90 Å². The molecule has 1 saturated carbocycles. The van der Waals surface area contributed by atoms with E-state index in [2.05, 4.69) is 175 Å². The minimum atomic E-state index is 0.694. The first kappa shape index (κ1) is 29.9. The highest BCUT2D eigenvalue weighted by Crippen LogP contribution is 2.59. The maximum absolute atomic E-state index is 2.45. The van der Waals surface area contributed by atoms with Gasteiger partial charge in [-0.3, -0.25) is 0 Å². The summed E-state index contributed by atoms with van der Waals surface area (Å²) in [5, 5.41) is 5.12. The molecule has 51 heavy (non-hydrogen) atoms. The second-order valence-corrected chi connectivity index (χ2v) is 14.3. The third kappa shape index (κ3) is 5.07. The summed E-state index contributed by atoms with van der Waals surface area (Å²) >= 11 is 0. The van der Waals surface area contributed by atoms with Crippen molar-refractivity contribution in [3.05, 3.63) is 175 Å². The Bertz CT molecular complexity index is 2530. The molecule has 0 saturated heterocycles. The van der Waals surface area contributed by atoms with Gasteiger partial charge in [0.15, 0.2) is 0 Å². The molecule has 0 bridgehead atoms. The molecule has 8 aromatic carbocycles. The summed E-state index contributed by atoms with van der Waals surface area (Å²) in [6.45, 7) is 0. The second kappa shape index (κ2) is 12.4.